The van der Waals surface area contributed by atoms with E-state index in [4.69, 9.17) is 0 Å². The summed E-state index contributed by atoms with van der Waals surface area (Å²) in [4.78, 5) is 0. The summed E-state index contributed by atoms with van der Waals surface area (Å²) in [5.74, 6) is 2.14. The lowest BCUT2D eigenvalue weighted by molar-refractivity contribution is 0.320. The number of hydrogen-bond donors (Lipinski definition) is 1. The maximum absolute atomic E-state index is 3.64. The highest BCUT2D eigenvalue weighted by molar-refractivity contribution is 5.39. The van der Waals surface area contributed by atoms with Crippen LogP contribution in [0.3, 0.4) is 0 Å². The number of fused-ring (bicyclic) bond motifs is 1. The molecule has 2 rings (SSSR count). The molecule has 1 nitrogen and oxygen atoms in total. The molecule has 0 heterocycles. The molecule has 1 heteroatoms. The molecule has 0 aliphatic heterocycles. The average molecular weight is 217 g/mol. The summed E-state index contributed by atoms with van der Waals surface area (Å²) >= 11 is 0. The normalized spacial score (nSPS) is 28.4. The maximum atomic E-state index is 3.64. The quantitative estimate of drug-likeness (QED) is 0.813. The fourth-order valence-corrected chi connectivity index (χ4v) is 3.35. The molecule has 0 fully saturated rings. The van der Waals surface area contributed by atoms with Crippen molar-refractivity contribution >= 4 is 0 Å². The van der Waals surface area contributed by atoms with Crippen LogP contribution in [0.4, 0.5) is 0 Å². The average Bonchev–Trinajstić information content (AvgIpc) is 2.53. The van der Waals surface area contributed by atoms with E-state index >= 15 is 0 Å². The van der Waals surface area contributed by atoms with Crippen molar-refractivity contribution < 1.29 is 0 Å². The van der Waals surface area contributed by atoms with E-state index < -0.39 is 0 Å². The van der Waals surface area contributed by atoms with Crippen LogP contribution >= 0.6 is 0 Å². The van der Waals surface area contributed by atoms with Gasteiger partial charge in [0.1, 0.15) is 0 Å². The van der Waals surface area contributed by atoms with Crippen LogP contribution in [0.5, 0.6) is 0 Å². The van der Waals surface area contributed by atoms with E-state index in [9.17, 15) is 0 Å². The van der Waals surface area contributed by atoms with E-state index in [1.54, 1.807) is 5.56 Å². The summed E-state index contributed by atoms with van der Waals surface area (Å²) in [5, 5.41) is 3.64. The maximum Gasteiger partial charge on any atom is 0.0354 e. The first-order chi connectivity index (χ1) is 7.66. The zero-order valence-electron chi connectivity index (χ0n) is 10.8. The Hall–Kier alpha value is -0.820. The highest BCUT2D eigenvalue weighted by atomic mass is 14.9. The molecule has 0 radical (unpaired) electrons. The Morgan fingerprint density at radius 2 is 1.81 bits per heavy atom. The predicted molar refractivity (Wildman–Crippen MR) is 69.6 cm³/mol. The topological polar surface area (TPSA) is 12.0 Å². The van der Waals surface area contributed by atoms with Crippen molar-refractivity contribution in [3.8, 4) is 0 Å². The second-order valence-corrected chi connectivity index (χ2v) is 5.29. The lowest BCUT2D eigenvalue weighted by Gasteiger charge is -2.24. The van der Waals surface area contributed by atoms with Crippen molar-refractivity contribution in [2.75, 3.05) is 6.54 Å². The smallest absolute Gasteiger partial charge is 0.0354 e. The Bertz CT molecular complexity index is 356. The van der Waals surface area contributed by atoms with Crippen molar-refractivity contribution in [3.63, 3.8) is 0 Å². The molecule has 0 spiro atoms. The van der Waals surface area contributed by atoms with Crippen molar-refractivity contribution in [1.82, 2.24) is 5.32 Å². The summed E-state index contributed by atoms with van der Waals surface area (Å²) in [6.45, 7) is 10.3. The summed E-state index contributed by atoms with van der Waals surface area (Å²) in [6.07, 6.45) is 0. The van der Waals surface area contributed by atoms with Crippen LogP contribution in [-0.2, 0) is 0 Å². The third kappa shape index (κ3) is 1.78. The van der Waals surface area contributed by atoms with Crippen molar-refractivity contribution in [2.24, 2.45) is 11.8 Å². The first kappa shape index (κ1) is 11.7. The van der Waals surface area contributed by atoms with Gasteiger partial charge in [0.15, 0.2) is 0 Å². The molecule has 1 aliphatic carbocycles. The number of benzene rings is 1. The van der Waals surface area contributed by atoms with Crippen LogP contribution in [0.25, 0.3) is 0 Å². The summed E-state index contributed by atoms with van der Waals surface area (Å²) in [6, 6.07) is 9.50. The molecule has 16 heavy (non-hydrogen) atoms. The van der Waals surface area contributed by atoms with Crippen LogP contribution in [0.15, 0.2) is 24.3 Å². The van der Waals surface area contributed by atoms with Gasteiger partial charge in [0.25, 0.3) is 0 Å². The van der Waals surface area contributed by atoms with Crippen LogP contribution in [0, 0.1) is 11.8 Å². The second kappa shape index (κ2) is 4.58. The van der Waals surface area contributed by atoms with E-state index in [0.717, 1.165) is 12.5 Å². The van der Waals surface area contributed by atoms with Crippen LogP contribution in [-0.4, -0.2) is 6.54 Å². The third-order valence-corrected chi connectivity index (χ3v) is 3.92. The number of hydrogen-bond acceptors (Lipinski definition) is 1. The fraction of sp³-hybridized carbons (Fsp3) is 0.600. The third-order valence-electron chi connectivity index (χ3n) is 3.92. The van der Waals surface area contributed by atoms with Crippen molar-refractivity contribution in [2.45, 2.75) is 39.7 Å². The van der Waals surface area contributed by atoms with E-state index in [0.29, 0.717) is 17.9 Å². The monoisotopic (exact) mass is 217 g/mol. The lowest BCUT2D eigenvalue weighted by atomic mass is 9.83. The van der Waals surface area contributed by atoms with Crippen LogP contribution in [0.1, 0.15) is 50.8 Å². The van der Waals surface area contributed by atoms with Crippen molar-refractivity contribution in [3.05, 3.63) is 35.4 Å². The molecule has 1 aliphatic rings. The molecule has 0 amide bonds. The Morgan fingerprint density at radius 3 is 2.38 bits per heavy atom. The minimum absolute atomic E-state index is 0.550. The molecule has 0 aromatic heterocycles. The molecule has 88 valence electrons. The molecule has 0 bridgehead atoms. The van der Waals surface area contributed by atoms with Gasteiger partial charge in [-0.1, -0.05) is 52.0 Å². The first-order valence-corrected chi connectivity index (χ1v) is 6.49. The second-order valence-electron chi connectivity index (χ2n) is 5.29. The van der Waals surface area contributed by atoms with Crippen LogP contribution < -0.4 is 5.32 Å². The fourth-order valence-electron chi connectivity index (χ4n) is 3.35. The van der Waals surface area contributed by atoms with Gasteiger partial charge in [-0.2, -0.15) is 0 Å². The van der Waals surface area contributed by atoms with Crippen molar-refractivity contribution in [1.29, 1.82) is 0 Å². The Balaban J connectivity index is 2.40. The van der Waals surface area contributed by atoms with Gasteiger partial charge in [-0.3, -0.25) is 0 Å². The SMILES string of the molecule is CCNC1c2ccccc2C(C(C)C)C1C. The highest BCUT2D eigenvalue weighted by Crippen LogP contribution is 2.48. The van der Waals surface area contributed by atoms with Gasteiger partial charge < -0.3 is 5.32 Å². The standard InChI is InChI=1S/C15H23N/c1-5-16-15-11(4)14(10(2)3)12-8-6-7-9-13(12)15/h6-11,14-16H,5H2,1-4H3. The number of nitrogens with one attached hydrogen (secondary N) is 1. The molecule has 3 unspecified atom stereocenters. The minimum Gasteiger partial charge on any atom is -0.310 e. The van der Waals surface area contributed by atoms with E-state index in [1.807, 2.05) is 0 Å². The van der Waals surface area contributed by atoms with E-state index in [-0.39, 0.29) is 0 Å². The van der Waals surface area contributed by atoms with Crippen LogP contribution in [0.2, 0.25) is 0 Å². The van der Waals surface area contributed by atoms with Gasteiger partial charge in [-0.05, 0) is 35.4 Å². The minimum atomic E-state index is 0.550. The van der Waals surface area contributed by atoms with Gasteiger partial charge >= 0.3 is 0 Å². The molecule has 1 aromatic carbocycles. The molecule has 1 N–H and O–H groups in total. The Kier molecular flexibility index (Phi) is 3.34. The molecule has 1 aromatic rings. The lowest BCUT2D eigenvalue weighted by Crippen LogP contribution is -2.25. The first-order valence-electron chi connectivity index (χ1n) is 6.49. The van der Waals surface area contributed by atoms with E-state index in [2.05, 4.69) is 57.3 Å². The summed E-state index contributed by atoms with van der Waals surface area (Å²) in [7, 11) is 0. The van der Waals surface area contributed by atoms with Gasteiger partial charge in [-0.15, -0.1) is 0 Å². The Labute approximate surface area is 99.3 Å². The van der Waals surface area contributed by atoms with Gasteiger partial charge in [0, 0.05) is 6.04 Å². The number of rotatable bonds is 3. The van der Waals surface area contributed by atoms with Gasteiger partial charge in [0.05, 0.1) is 0 Å². The summed E-state index contributed by atoms with van der Waals surface area (Å²) in [5.41, 5.74) is 3.09. The zero-order valence-corrected chi connectivity index (χ0v) is 10.8. The summed E-state index contributed by atoms with van der Waals surface area (Å²) < 4.78 is 0. The molecular weight excluding hydrogens is 194 g/mol. The predicted octanol–water partition coefficient (Wildman–Crippen LogP) is 3.73. The molecule has 0 saturated carbocycles. The zero-order chi connectivity index (χ0) is 11.7. The molecule has 3 atom stereocenters. The largest absolute Gasteiger partial charge is 0.310 e. The van der Waals surface area contributed by atoms with E-state index in [1.165, 1.54) is 5.56 Å². The Morgan fingerprint density at radius 1 is 1.19 bits per heavy atom. The van der Waals surface area contributed by atoms with Gasteiger partial charge in [-0.25, -0.2) is 0 Å². The highest BCUT2D eigenvalue weighted by Gasteiger charge is 2.38. The molecular formula is C15H23N. The molecule has 0 saturated heterocycles. The van der Waals surface area contributed by atoms with Gasteiger partial charge in [0.2, 0.25) is 0 Å².